The highest BCUT2D eigenvalue weighted by Crippen LogP contribution is 1.81. The van der Waals surface area contributed by atoms with E-state index < -0.39 is 0 Å². The van der Waals surface area contributed by atoms with E-state index in [9.17, 15) is 101 Å². The van der Waals surface area contributed by atoms with E-state index in [4.69, 9.17) is 5.11 Å². The number of carbonyl (C=O) groups excluding carboxylic acids is 21. The molecule has 0 aromatic heterocycles. The third-order valence-electron chi connectivity index (χ3n) is 7.50. The molecule has 0 aliphatic rings. The van der Waals surface area contributed by atoms with Crippen LogP contribution in [0.3, 0.4) is 0 Å². The third kappa shape index (κ3) is 504. The molecule has 0 amide bonds. The maximum atomic E-state index is 10.0. The lowest BCUT2D eigenvalue weighted by molar-refractivity contribution is -0.142. The number of hydrogen-bond donors (Lipinski definition) is 1. The van der Waals surface area contributed by atoms with Crippen LogP contribution in [0.5, 0.6) is 0 Å². The fourth-order valence-corrected chi connectivity index (χ4v) is 4.26. The molecule has 0 aliphatic heterocycles. The monoisotopic (exact) mass is 1870 g/mol. The number of hydrogen-bond acceptors (Lipinski definition) is 43. The largest absolute Gasteiger partial charge is 0.469 e. The number of esters is 21. The van der Waals surface area contributed by atoms with Gasteiger partial charge in [0.05, 0.1) is 152 Å². The lowest BCUT2D eigenvalue weighted by atomic mass is 10.5. The van der Waals surface area contributed by atoms with Gasteiger partial charge in [-0.25, -0.2) is 0 Å². The molecule has 127 heavy (non-hydrogen) atoms. The molecule has 43 heteroatoms. The second-order valence-electron chi connectivity index (χ2n) is 19.5. The average Bonchev–Trinajstić information content (AvgIpc) is 1.12. The normalized spacial score (nSPS) is 7.70. The Bertz CT molecular complexity index is 1840. The molecule has 0 radical (unpaired) electrons. The number of aliphatic hydroxyl groups is 1. The van der Waals surface area contributed by atoms with Gasteiger partial charge in [-0.15, -0.1) is 0 Å². The van der Waals surface area contributed by atoms with Crippen molar-refractivity contribution >= 4 is 125 Å². The highest BCUT2D eigenvalue weighted by molar-refractivity contribution is 5.71. The van der Waals surface area contributed by atoms with Gasteiger partial charge in [0.1, 0.15) is 0 Å². The van der Waals surface area contributed by atoms with Crippen molar-refractivity contribution in [3.05, 3.63) is 0 Å². The molecule has 762 valence electrons. The van der Waals surface area contributed by atoms with Crippen molar-refractivity contribution in [2.45, 2.75) is 283 Å². The van der Waals surface area contributed by atoms with E-state index in [2.05, 4.69) is 99.5 Å². The van der Waals surface area contributed by atoms with Gasteiger partial charge in [0.25, 0.3) is 0 Å². The highest BCUT2D eigenvalue weighted by atomic mass is 16.6. The molecule has 0 saturated heterocycles. The van der Waals surface area contributed by atoms with Gasteiger partial charge in [-0.1, -0.05) is 0 Å². The number of aliphatic hydroxyl groups excluding tert-OH is 1. The summed E-state index contributed by atoms with van der Waals surface area (Å²) in [5.74, 6) is -4.59. The summed E-state index contributed by atoms with van der Waals surface area (Å²) in [6.07, 6.45) is 0.0938. The van der Waals surface area contributed by atoms with Crippen LogP contribution in [0.4, 0.5) is 0 Å². The molecule has 0 unspecified atom stereocenters. The molecule has 0 spiro atoms. The van der Waals surface area contributed by atoms with Crippen molar-refractivity contribution in [2.75, 3.05) is 146 Å². The zero-order chi connectivity index (χ0) is 106. The van der Waals surface area contributed by atoms with Gasteiger partial charge in [0, 0.05) is 138 Å². The molecule has 1 N–H and O–H groups in total. The molecule has 0 saturated carbocycles. The molecule has 0 aliphatic carbocycles. The Morgan fingerprint density at radius 2 is 0.197 bits per heavy atom. The van der Waals surface area contributed by atoms with Crippen LogP contribution in [0.2, 0.25) is 0 Å². The Labute approximate surface area is 757 Å². The van der Waals surface area contributed by atoms with E-state index in [1.54, 1.807) is 138 Å². The molecule has 0 aromatic rings. The van der Waals surface area contributed by atoms with Crippen molar-refractivity contribution in [3.63, 3.8) is 0 Å². The van der Waals surface area contributed by atoms with Gasteiger partial charge in [-0.05, 0) is 138 Å². The molecule has 0 rings (SSSR count). The summed E-state index contributed by atoms with van der Waals surface area (Å²) in [6, 6.07) is 0. The SMILES string of the molecule is CCOC(C)=O.CCOC(C)=O.CCOC(C)=O.CCOC(C)=O.CCOC(C)=O.CCOC(C)=O.CCOC(C)=O.CCOC(C)=O.CCOC(C)=O.CCOC(C)=O.CCOC(C)=O.CCOC(C)=O.CCOC(C)=O.CCOC(C)=O.CCOC(C)=O.CCOC(C)=O.CCOC(C)=O.CCOC(C)=O.CCOC(C)=O.CCOC(C)=O.COC(=O)CCO. The first-order valence-corrected chi connectivity index (χ1v) is 40.1. The maximum absolute atomic E-state index is 10.0. The second kappa shape index (κ2) is 165. The Morgan fingerprint density at radius 1 is 0.142 bits per heavy atom. The molecule has 0 bridgehead atoms. The van der Waals surface area contributed by atoms with Crippen molar-refractivity contribution in [3.8, 4) is 0 Å². The summed E-state index contributed by atoms with van der Waals surface area (Å²) in [6.45, 7) is 72.9. The van der Waals surface area contributed by atoms with Crippen LogP contribution in [-0.2, 0) is 200 Å². The van der Waals surface area contributed by atoms with Gasteiger partial charge >= 0.3 is 125 Å². The molecule has 0 atom stereocenters. The minimum atomic E-state index is -0.373. The van der Waals surface area contributed by atoms with Crippen molar-refractivity contribution < 1.29 is 205 Å². The first kappa shape index (κ1) is 170. The van der Waals surface area contributed by atoms with E-state index in [1.165, 1.54) is 146 Å². The molecule has 0 aromatic carbocycles. The zero-order valence-corrected chi connectivity index (χ0v) is 84.6. The van der Waals surface area contributed by atoms with Crippen LogP contribution < -0.4 is 0 Å². The summed E-state index contributed by atoms with van der Waals surface area (Å²) in [4.78, 5) is 206. The van der Waals surface area contributed by atoms with E-state index >= 15 is 0 Å². The molecule has 43 nitrogen and oxygen atoms in total. The number of carbonyl (C=O) groups is 21. The van der Waals surface area contributed by atoms with Crippen LogP contribution in [-0.4, -0.2) is 276 Å². The highest BCUT2D eigenvalue weighted by Gasteiger charge is 1.95. The van der Waals surface area contributed by atoms with E-state index in [1.807, 2.05) is 0 Å². The Kier molecular flexibility index (Phi) is 221. The number of ether oxygens (including phenoxy) is 21. The standard InChI is InChI=1S/C4H8O3.20C4H8O2/c1-7-4(6)2-3-5;20*1-3-6-4(2)5/h5H,2-3H2,1H3;20*3H2,1-2H3. The fraction of sp³-hybridized carbons (Fsp3) is 0.750. The summed E-state index contributed by atoms with van der Waals surface area (Å²) >= 11 is 0. The van der Waals surface area contributed by atoms with Gasteiger partial charge < -0.3 is 105 Å². The first-order valence-electron chi connectivity index (χ1n) is 40.1. The quantitative estimate of drug-likeness (QED) is 0.0777. The van der Waals surface area contributed by atoms with Crippen LogP contribution in [0.25, 0.3) is 0 Å². The number of methoxy groups -OCH3 is 1. The van der Waals surface area contributed by atoms with Crippen LogP contribution in [0, 0.1) is 0 Å². The molecular formula is C84H168O43. The lowest BCUT2D eigenvalue weighted by Gasteiger charge is -1.90. The molecular weight excluding hydrogens is 1700 g/mol. The first-order chi connectivity index (χ1) is 58.7. The van der Waals surface area contributed by atoms with Crippen molar-refractivity contribution in [1.29, 1.82) is 0 Å². The zero-order valence-electron chi connectivity index (χ0n) is 84.6. The molecule has 0 fully saturated rings. The van der Waals surface area contributed by atoms with Crippen LogP contribution in [0.15, 0.2) is 0 Å². The average molecular weight is 1870 g/mol. The maximum Gasteiger partial charge on any atom is 0.307 e. The second-order valence-corrected chi connectivity index (χ2v) is 19.5. The Morgan fingerprint density at radius 3 is 0.205 bits per heavy atom. The Hall–Kier alpha value is -11.2. The van der Waals surface area contributed by atoms with Gasteiger partial charge in [-0.2, -0.15) is 0 Å². The van der Waals surface area contributed by atoms with E-state index in [-0.39, 0.29) is 138 Å². The Balaban J connectivity index is -0.0000000489. The topological polar surface area (TPSA) is 573 Å². The smallest absolute Gasteiger partial charge is 0.307 e. The minimum absolute atomic E-state index is 0.0938. The van der Waals surface area contributed by atoms with Crippen molar-refractivity contribution in [2.24, 2.45) is 0 Å². The predicted octanol–water partition coefficient (Wildman–Crippen LogP) is 10.9. The van der Waals surface area contributed by atoms with Gasteiger partial charge in [0.2, 0.25) is 0 Å². The van der Waals surface area contributed by atoms with E-state index in [0.29, 0.717) is 132 Å². The van der Waals surface area contributed by atoms with Crippen LogP contribution in [0.1, 0.15) is 283 Å². The third-order valence-corrected chi connectivity index (χ3v) is 7.50. The van der Waals surface area contributed by atoms with Crippen molar-refractivity contribution in [1.82, 2.24) is 0 Å². The number of rotatable bonds is 22. The van der Waals surface area contributed by atoms with E-state index in [0.717, 1.165) is 0 Å². The molecule has 0 heterocycles. The van der Waals surface area contributed by atoms with Gasteiger partial charge in [0.15, 0.2) is 0 Å². The summed E-state index contributed by atoms with van der Waals surface area (Å²) < 4.78 is 92.2. The summed E-state index contributed by atoms with van der Waals surface area (Å²) in [7, 11) is 1.29. The summed E-state index contributed by atoms with van der Waals surface area (Å²) in [5, 5.41) is 8.07. The minimum Gasteiger partial charge on any atom is -0.469 e. The predicted molar refractivity (Wildman–Crippen MR) is 470 cm³/mol. The summed E-state index contributed by atoms with van der Waals surface area (Å²) in [5.41, 5.74) is 0. The lowest BCUT2D eigenvalue weighted by Crippen LogP contribution is -2.01. The van der Waals surface area contributed by atoms with Gasteiger partial charge in [-0.3, -0.25) is 101 Å². The van der Waals surface area contributed by atoms with Crippen LogP contribution >= 0.6 is 0 Å². The fourth-order valence-electron chi connectivity index (χ4n) is 4.26.